The van der Waals surface area contributed by atoms with Crippen molar-refractivity contribution in [2.45, 2.75) is 44.4 Å². The van der Waals surface area contributed by atoms with E-state index in [-0.39, 0.29) is 6.04 Å². The first-order valence-corrected chi connectivity index (χ1v) is 9.32. The summed E-state index contributed by atoms with van der Waals surface area (Å²) in [7, 11) is 0. The SMILES string of the molecule is NC(CCc1ccccc1)C(O)c1ccc(CN2CCCC2)s1. The van der Waals surface area contributed by atoms with E-state index < -0.39 is 6.10 Å². The lowest BCUT2D eigenvalue weighted by molar-refractivity contribution is 0.146. The van der Waals surface area contributed by atoms with Crippen molar-refractivity contribution < 1.29 is 5.11 Å². The van der Waals surface area contributed by atoms with Crippen LogP contribution in [0.3, 0.4) is 0 Å². The number of thiophene rings is 1. The molecule has 2 atom stereocenters. The van der Waals surface area contributed by atoms with E-state index in [1.54, 1.807) is 11.3 Å². The Labute approximate surface area is 142 Å². The van der Waals surface area contributed by atoms with Crippen LogP contribution in [-0.2, 0) is 13.0 Å². The van der Waals surface area contributed by atoms with Gasteiger partial charge in [0.05, 0.1) is 0 Å². The van der Waals surface area contributed by atoms with Crippen LogP contribution in [0.2, 0.25) is 0 Å². The van der Waals surface area contributed by atoms with Crippen LogP contribution in [0.1, 0.15) is 40.7 Å². The molecule has 0 amide bonds. The number of nitrogens with zero attached hydrogens (tertiary/aromatic N) is 1. The van der Waals surface area contributed by atoms with E-state index in [9.17, 15) is 5.11 Å². The Morgan fingerprint density at radius 1 is 1.09 bits per heavy atom. The average molecular weight is 330 g/mol. The molecule has 2 heterocycles. The Morgan fingerprint density at radius 3 is 2.57 bits per heavy atom. The van der Waals surface area contributed by atoms with E-state index in [0.717, 1.165) is 24.3 Å². The molecule has 0 aliphatic carbocycles. The molecular formula is C19H26N2OS. The molecule has 1 aromatic carbocycles. The fourth-order valence-electron chi connectivity index (χ4n) is 3.15. The minimum atomic E-state index is -0.559. The van der Waals surface area contributed by atoms with Crippen LogP contribution < -0.4 is 5.73 Å². The summed E-state index contributed by atoms with van der Waals surface area (Å²) in [6.45, 7) is 3.41. The van der Waals surface area contributed by atoms with Gasteiger partial charge < -0.3 is 10.8 Å². The predicted octanol–water partition coefficient (Wildman–Crippen LogP) is 3.34. The van der Waals surface area contributed by atoms with Crippen molar-refractivity contribution in [3.8, 4) is 0 Å². The molecule has 0 radical (unpaired) electrons. The van der Waals surface area contributed by atoms with Crippen molar-refractivity contribution in [2.75, 3.05) is 13.1 Å². The van der Waals surface area contributed by atoms with E-state index in [1.807, 2.05) is 24.3 Å². The summed E-state index contributed by atoms with van der Waals surface area (Å²) < 4.78 is 0. The lowest BCUT2D eigenvalue weighted by atomic mass is 10.0. The zero-order valence-electron chi connectivity index (χ0n) is 13.5. The maximum atomic E-state index is 10.5. The van der Waals surface area contributed by atoms with Gasteiger partial charge in [-0.3, -0.25) is 4.90 Å². The number of benzene rings is 1. The van der Waals surface area contributed by atoms with Gasteiger partial charge >= 0.3 is 0 Å². The highest BCUT2D eigenvalue weighted by molar-refractivity contribution is 7.12. The molecule has 1 saturated heterocycles. The van der Waals surface area contributed by atoms with Gasteiger partial charge in [0.2, 0.25) is 0 Å². The van der Waals surface area contributed by atoms with Crippen molar-refractivity contribution in [1.82, 2.24) is 4.90 Å². The van der Waals surface area contributed by atoms with Crippen LogP contribution in [0.25, 0.3) is 0 Å². The summed E-state index contributed by atoms with van der Waals surface area (Å²) in [5, 5.41) is 10.5. The first kappa shape index (κ1) is 16.7. The third kappa shape index (κ3) is 4.64. The number of nitrogens with two attached hydrogens (primary N) is 1. The smallest absolute Gasteiger partial charge is 0.103 e. The highest BCUT2D eigenvalue weighted by Crippen LogP contribution is 2.28. The van der Waals surface area contributed by atoms with Crippen molar-refractivity contribution in [3.05, 3.63) is 57.8 Å². The van der Waals surface area contributed by atoms with Gasteiger partial charge in [0.25, 0.3) is 0 Å². The maximum absolute atomic E-state index is 10.5. The minimum Gasteiger partial charge on any atom is -0.386 e. The molecule has 2 aromatic rings. The second kappa shape index (κ2) is 8.06. The molecule has 3 N–H and O–H groups in total. The molecule has 0 spiro atoms. The zero-order valence-corrected chi connectivity index (χ0v) is 14.3. The highest BCUT2D eigenvalue weighted by Gasteiger charge is 2.20. The predicted molar refractivity (Wildman–Crippen MR) is 96.5 cm³/mol. The van der Waals surface area contributed by atoms with Crippen LogP contribution in [0.15, 0.2) is 42.5 Å². The second-order valence-corrected chi connectivity index (χ2v) is 7.62. The number of aliphatic hydroxyl groups is 1. The number of hydrogen-bond acceptors (Lipinski definition) is 4. The van der Waals surface area contributed by atoms with E-state index in [0.29, 0.717) is 0 Å². The van der Waals surface area contributed by atoms with Crippen molar-refractivity contribution >= 4 is 11.3 Å². The van der Waals surface area contributed by atoms with Crippen LogP contribution in [0.4, 0.5) is 0 Å². The normalized spacial score (nSPS) is 18.2. The zero-order chi connectivity index (χ0) is 16.1. The van der Waals surface area contributed by atoms with Gasteiger partial charge in [-0.15, -0.1) is 11.3 Å². The van der Waals surface area contributed by atoms with Crippen LogP contribution in [-0.4, -0.2) is 29.1 Å². The number of rotatable bonds is 7. The van der Waals surface area contributed by atoms with E-state index in [1.165, 1.54) is 36.4 Å². The monoisotopic (exact) mass is 330 g/mol. The van der Waals surface area contributed by atoms with Crippen LogP contribution >= 0.6 is 11.3 Å². The topological polar surface area (TPSA) is 49.5 Å². The van der Waals surface area contributed by atoms with Crippen LogP contribution in [0, 0.1) is 0 Å². The fraction of sp³-hybridized carbons (Fsp3) is 0.474. The van der Waals surface area contributed by atoms with Crippen molar-refractivity contribution in [3.63, 3.8) is 0 Å². The Balaban J connectivity index is 1.52. The molecule has 1 aliphatic heterocycles. The maximum Gasteiger partial charge on any atom is 0.103 e. The van der Waals surface area contributed by atoms with Gasteiger partial charge in [-0.05, 0) is 56.5 Å². The van der Waals surface area contributed by atoms with Gasteiger partial charge in [-0.2, -0.15) is 0 Å². The summed E-state index contributed by atoms with van der Waals surface area (Å²) in [6, 6.07) is 14.3. The average Bonchev–Trinajstić information content (AvgIpc) is 3.25. The molecule has 2 unspecified atom stereocenters. The number of aliphatic hydroxyl groups excluding tert-OH is 1. The Hall–Kier alpha value is -1.20. The van der Waals surface area contributed by atoms with E-state index in [2.05, 4.69) is 23.1 Å². The van der Waals surface area contributed by atoms with E-state index >= 15 is 0 Å². The molecular weight excluding hydrogens is 304 g/mol. The molecule has 3 rings (SSSR count). The standard InChI is InChI=1S/C19H26N2OS/c20-17(10-8-15-6-2-1-3-7-15)19(22)18-11-9-16(23-18)14-21-12-4-5-13-21/h1-3,6-7,9,11,17,19,22H,4-5,8,10,12-14,20H2. The summed E-state index contributed by atoms with van der Waals surface area (Å²) in [5.41, 5.74) is 7.49. The molecule has 1 fully saturated rings. The number of likely N-dealkylation sites (tertiary alicyclic amines) is 1. The van der Waals surface area contributed by atoms with Gasteiger partial charge in [0.15, 0.2) is 0 Å². The van der Waals surface area contributed by atoms with Crippen molar-refractivity contribution in [2.24, 2.45) is 5.73 Å². The molecule has 23 heavy (non-hydrogen) atoms. The quantitative estimate of drug-likeness (QED) is 0.818. The van der Waals surface area contributed by atoms with Gasteiger partial charge in [0.1, 0.15) is 6.10 Å². The fourth-order valence-corrected chi connectivity index (χ4v) is 4.26. The molecule has 1 aromatic heterocycles. The lowest BCUT2D eigenvalue weighted by Crippen LogP contribution is -2.28. The van der Waals surface area contributed by atoms with Gasteiger partial charge in [-0.25, -0.2) is 0 Å². The molecule has 1 aliphatic rings. The molecule has 3 nitrogen and oxygen atoms in total. The first-order valence-electron chi connectivity index (χ1n) is 8.51. The Kier molecular flexibility index (Phi) is 5.84. The molecule has 4 heteroatoms. The van der Waals surface area contributed by atoms with E-state index in [4.69, 9.17) is 5.73 Å². The summed E-state index contributed by atoms with van der Waals surface area (Å²) >= 11 is 1.71. The Morgan fingerprint density at radius 2 is 1.83 bits per heavy atom. The third-order valence-electron chi connectivity index (χ3n) is 4.57. The summed E-state index contributed by atoms with van der Waals surface area (Å²) in [6.07, 6.45) is 3.77. The summed E-state index contributed by atoms with van der Waals surface area (Å²) in [4.78, 5) is 4.81. The summed E-state index contributed by atoms with van der Waals surface area (Å²) in [5.74, 6) is 0. The third-order valence-corrected chi connectivity index (χ3v) is 5.71. The lowest BCUT2D eigenvalue weighted by Gasteiger charge is -2.18. The largest absolute Gasteiger partial charge is 0.386 e. The van der Waals surface area contributed by atoms with Gasteiger partial charge in [-0.1, -0.05) is 30.3 Å². The molecule has 0 saturated carbocycles. The first-order chi connectivity index (χ1) is 11.2. The Bertz CT molecular complexity index is 592. The van der Waals surface area contributed by atoms with Crippen LogP contribution in [0.5, 0.6) is 0 Å². The minimum absolute atomic E-state index is 0.214. The molecule has 124 valence electrons. The molecule has 0 bridgehead atoms. The number of aryl methyl sites for hydroxylation is 1. The van der Waals surface area contributed by atoms with Crippen molar-refractivity contribution in [1.29, 1.82) is 0 Å². The van der Waals surface area contributed by atoms with Gasteiger partial charge in [0, 0.05) is 22.3 Å². The number of hydrogen-bond donors (Lipinski definition) is 2. The highest BCUT2D eigenvalue weighted by atomic mass is 32.1. The second-order valence-electron chi connectivity index (χ2n) is 6.42.